The Bertz CT molecular complexity index is 173. The molecule has 69 valence electrons. The minimum atomic E-state index is 0. The Morgan fingerprint density at radius 2 is 1.92 bits per heavy atom. The van der Waals surface area contributed by atoms with Crippen LogP contribution in [-0.2, 0) is 46.2 Å². The van der Waals surface area contributed by atoms with E-state index in [2.05, 4.69) is 11.9 Å². The molecule has 2 nitrogen and oxygen atoms in total. The Balaban J connectivity index is -0.000000189. The summed E-state index contributed by atoms with van der Waals surface area (Å²) in [5.74, 6) is 0. The van der Waals surface area contributed by atoms with Crippen molar-refractivity contribution in [2.24, 2.45) is 7.05 Å². The van der Waals surface area contributed by atoms with Crippen LogP contribution in [0.4, 0.5) is 0 Å². The van der Waals surface area contributed by atoms with E-state index in [1.165, 1.54) is 0 Å². The monoisotopic (exact) mass is 244 g/mol. The van der Waals surface area contributed by atoms with E-state index in [0.29, 0.717) is 0 Å². The standard InChI is InChI=1S/C6H10N2.C2H6.CH3.Y/c1-3-6-4-8(2)5-7-6;1-2;;/h4-5H,3H2,1-2H3;1-2H3;1H3;/q;;-1;. The van der Waals surface area contributed by atoms with E-state index < -0.39 is 0 Å². The van der Waals surface area contributed by atoms with Crippen LogP contribution in [0.25, 0.3) is 0 Å². The van der Waals surface area contributed by atoms with E-state index in [-0.39, 0.29) is 40.1 Å². The molecular weight excluding hydrogens is 225 g/mol. The van der Waals surface area contributed by atoms with Crippen LogP contribution in [0.5, 0.6) is 0 Å². The van der Waals surface area contributed by atoms with Gasteiger partial charge < -0.3 is 12.0 Å². The third-order valence-corrected chi connectivity index (χ3v) is 1.12. The molecule has 12 heavy (non-hydrogen) atoms. The molecule has 0 aliphatic heterocycles. The summed E-state index contributed by atoms with van der Waals surface area (Å²) in [7, 11) is 1.98. The van der Waals surface area contributed by atoms with Gasteiger partial charge in [-0.25, -0.2) is 4.98 Å². The predicted octanol–water partition coefficient (Wildman–Crippen LogP) is 2.46. The topological polar surface area (TPSA) is 17.8 Å². The number of nitrogens with zero attached hydrogens (tertiary/aromatic N) is 2. The Morgan fingerprint density at radius 1 is 1.42 bits per heavy atom. The molecule has 0 saturated heterocycles. The molecule has 1 aromatic heterocycles. The molecule has 0 aromatic carbocycles. The van der Waals surface area contributed by atoms with Crippen LogP contribution >= 0.6 is 0 Å². The smallest absolute Gasteiger partial charge is 0.0946 e. The summed E-state index contributed by atoms with van der Waals surface area (Å²) in [6, 6.07) is 0. The van der Waals surface area contributed by atoms with Gasteiger partial charge in [0.1, 0.15) is 0 Å². The number of imidazole rings is 1. The summed E-state index contributed by atoms with van der Waals surface area (Å²) in [6.07, 6.45) is 4.87. The van der Waals surface area contributed by atoms with Gasteiger partial charge in [-0.3, -0.25) is 0 Å². The van der Waals surface area contributed by atoms with Gasteiger partial charge in [-0.05, 0) is 6.42 Å². The maximum absolute atomic E-state index is 4.10. The van der Waals surface area contributed by atoms with Gasteiger partial charge in [0, 0.05) is 46.0 Å². The molecule has 1 heterocycles. The van der Waals surface area contributed by atoms with Gasteiger partial charge in [0.2, 0.25) is 0 Å². The zero-order valence-corrected chi connectivity index (χ0v) is 11.7. The largest absolute Gasteiger partial charge is 0.358 e. The van der Waals surface area contributed by atoms with Crippen LogP contribution in [0.1, 0.15) is 26.5 Å². The average Bonchev–Trinajstić information content (AvgIpc) is 2.40. The van der Waals surface area contributed by atoms with Gasteiger partial charge in [-0.15, -0.1) is 0 Å². The number of hydrogen-bond donors (Lipinski definition) is 0. The number of aryl methyl sites for hydroxylation is 2. The predicted molar refractivity (Wildman–Crippen MR) is 50.3 cm³/mol. The van der Waals surface area contributed by atoms with Crippen LogP contribution in [-0.4, -0.2) is 9.55 Å². The molecule has 0 unspecified atom stereocenters. The van der Waals surface area contributed by atoms with Crippen molar-refractivity contribution in [2.75, 3.05) is 0 Å². The molecule has 0 aliphatic carbocycles. The van der Waals surface area contributed by atoms with Crippen LogP contribution < -0.4 is 0 Å². The Morgan fingerprint density at radius 3 is 2.08 bits per heavy atom. The zero-order chi connectivity index (χ0) is 7.98. The second kappa shape index (κ2) is 11.3. The first-order valence-electron chi connectivity index (χ1n) is 3.79. The molecule has 3 heteroatoms. The molecule has 0 N–H and O–H groups in total. The summed E-state index contributed by atoms with van der Waals surface area (Å²) in [6.45, 7) is 6.10. The first-order chi connectivity index (χ1) is 4.83. The van der Waals surface area contributed by atoms with Gasteiger partial charge in [0.15, 0.2) is 0 Å². The maximum atomic E-state index is 4.10. The molecule has 1 aromatic rings. The summed E-state index contributed by atoms with van der Waals surface area (Å²) in [5.41, 5.74) is 1.16. The fourth-order valence-corrected chi connectivity index (χ4v) is 0.650. The molecule has 0 spiro atoms. The van der Waals surface area contributed by atoms with Crippen molar-refractivity contribution in [1.29, 1.82) is 0 Å². The summed E-state index contributed by atoms with van der Waals surface area (Å²) < 4.78 is 1.96. The van der Waals surface area contributed by atoms with Crippen LogP contribution in [0.15, 0.2) is 12.5 Å². The molecule has 1 radical (unpaired) electrons. The van der Waals surface area contributed by atoms with E-state index in [1.54, 1.807) is 0 Å². The third-order valence-electron chi connectivity index (χ3n) is 1.12. The van der Waals surface area contributed by atoms with E-state index in [1.807, 2.05) is 38.0 Å². The summed E-state index contributed by atoms with van der Waals surface area (Å²) >= 11 is 0. The first kappa shape index (κ1) is 18.2. The number of aromatic nitrogens is 2. The summed E-state index contributed by atoms with van der Waals surface area (Å²) in [4.78, 5) is 4.10. The van der Waals surface area contributed by atoms with Crippen molar-refractivity contribution in [3.63, 3.8) is 0 Å². The van der Waals surface area contributed by atoms with Crippen molar-refractivity contribution in [2.45, 2.75) is 27.2 Å². The minimum absolute atomic E-state index is 0. The van der Waals surface area contributed by atoms with Gasteiger partial charge in [-0.2, -0.15) is 0 Å². The molecular formula is C9H19N2Y-. The number of hydrogen-bond acceptors (Lipinski definition) is 1. The second-order valence-corrected chi connectivity index (χ2v) is 1.88. The first-order valence-corrected chi connectivity index (χ1v) is 3.79. The van der Waals surface area contributed by atoms with Crippen molar-refractivity contribution >= 4 is 0 Å². The quantitative estimate of drug-likeness (QED) is 0.694. The number of rotatable bonds is 1. The van der Waals surface area contributed by atoms with Gasteiger partial charge in [0.05, 0.1) is 12.0 Å². The van der Waals surface area contributed by atoms with Crippen molar-refractivity contribution in [3.05, 3.63) is 25.6 Å². The molecule has 0 atom stereocenters. The van der Waals surface area contributed by atoms with Crippen molar-refractivity contribution in [1.82, 2.24) is 9.55 Å². The van der Waals surface area contributed by atoms with Crippen LogP contribution in [0, 0.1) is 7.43 Å². The third kappa shape index (κ3) is 6.99. The molecule has 0 saturated carbocycles. The molecule has 0 aliphatic rings. The second-order valence-electron chi connectivity index (χ2n) is 1.88. The van der Waals surface area contributed by atoms with Crippen LogP contribution in [0.2, 0.25) is 0 Å². The van der Waals surface area contributed by atoms with E-state index >= 15 is 0 Å². The summed E-state index contributed by atoms with van der Waals surface area (Å²) in [5, 5.41) is 0. The zero-order valence-electron chi connectivity index (χ0n) is 8.83. The molecule has 0 bridgehead atoms. The fraction of sp³-hybridized carbons (Fsp3) is 0.556. The van der Waals surface area contributed by atoms with Crippen molar-refractivity contribution in [3.8, 4) is 0 Å². The van der Waals surface area contributed by atoms with Gasteiger partial charge in [0.25, 0.3) is 0 Å². The van der Waals surface area contributed by atoms with E-state index in [0.717, 1.165) is 12.1 Å². The van der Waals surface area contributed by atoms with Crippen LogP contribution in [0.3, 0.4) is 0 Å². The average molecular weight is 244 g/mol. The van der Waals surface area contributed by atoms with E-state index in [9.17, 15) is 0 Å². The van der Waals surface area contributed by atoms with Crippen molar-refractivity contribution < 1.29 is 32.7 Å². The van der Waals surface area contributed by atoms with Gasteiger partial charge in [-0.1, -0.05) is 20.8 Å². The fourth-order valence-electron chi connectivity index (χ4n) is 0.650. The molecule has 1 rings (SSSR count). The minimum Gasteiger partial charge on any atom is -0.358 e. The van der Waals surface area contributed by atoms with Gasteiger partial charge >= 0.3 is 0 Å². The Labute approximate surface area is 102 Å². The molecule has 0 amide bonds. The van der Waals surface area contributed by atoms with E-state index in [4.69, 9.17) is 0 Å². The normalized spacial score (nSPS) is 7.00. The SMILES string of the molecule is CC.CCc1cn(C)cn1.[CH3-].[Y]. The molecule has 0 fully saturated rings. The maximum Gasteiger partial charge on any atom is 0.0946 e. The Kier molecular flexibility index (Phi) is 17.1. The Hall–Kier alpha value is 0.314.